The van der Waals surface area contributed by atoms with E-state index in [9.17, 15) is 14.0 Å². The van der Waals surface area contributed by atoms with Gasteiger partial charge < -0.3 is 10.6 Å². The largest absolute Gasteiger partial charge is 0.339 e. The molecule has 0 aliphatic heterocycles. The van der Waals surface area contributed by atoms with Crippen molar-refractivity contribution >= 4 is 34.9 Å². The fraction of sp³-hybridized carbons (Fsp3) is 0.368. The molecule has 0 bridgehead atoms. The number of hydrogen-bond donors (Lipinski definition) is 1. The normalized spacial score (nSPS) is 9.43. The van der Waals surface area contributed by atoms with Gasteiger partial charge in [-0.25, -0.2) is 14.4 Å². The molecule has 2 N–H and O–H groups in total. The van der Waals surface area contributed by atoms with E-state index in [0.29, 0.717) is 34.5 Å². The number of carbonyl (C=O) groups is 2. The van der Waals surface area contributed by atoms with E-state index < -0.39 is 12.5 Å². The zero-order valence-electron chi connectivity index (χ0n) is 16.4. The Morgan fingerprint density at radius 2 is 1.75 bits per heavy atom. The van der Waals surface area contributed by atoms with E-state index in [-0.39, 0.29) is 5.91 Å². The highest BCUT2D eigenvalue weighted by molar-refractivity contribution is 6.42. The van der Waals surface area contributed by atoms with Crippen LogP contribution in [0.5, 0.6) is 0 Å². The lowest BCUT2D eigenvalue weighted by Gasteiger charge is -2.15. The van der Waals surface area contributed by atoms with Crippen LogP contribution >= 0.6 is 23.2 Å². The van der Waals surface area contributed by atoms with Crippen molar-refractivity contribution in [1.82, 2.24) is 14.9 Å². The minimum atomic E-state index is -0.833. The zero-order chi connectivity index (χ0) is 21.7. The van der Waals surface area contributed by atoms with Gasteiger partial charge in [0.15, 0.2) is 5.78 Å². The van der Waals surface area contributed by atoms with Gasteiger partial charge in [0, 0.05) is 25.7 Å². The molecule has 28 heavy (non-hydrogen) atoms. The Bertz CT molecular complexity index is 775. The molecular formula is C19H25Cl2FN4O2. The number of rotatable bonds is 5. The van der Waals surface area contributed by atoms with Crippen molar-refractivity contribution in [2.24, 2.45) is 5.73 Å². The summed E-state index contributed by atoms with van der Waals surface area (Å²) in [5, 5.41) is 0.898. The first-order valence-electron chi connectivity index (χ1n) is 8.58. The van der Waals surface area contributed by atoms with Gasteiger partial charge in [0.1, 0.15) is 18.7 Å². The van der Waals surface area contributed by atoms with Crippen molar-refractivity contribution in [2.45, 2.75) is 20.8 Å². The maximum absolute atomic E-state index is 12.2. The van der Waals surface area contributed by atoms with Crippen LogP contribution in [0.4, 0.5) is 4.39 Å². The molecule has 0 atom stereocenters. The molecule has 0 aliphatic rings. The molecule has 2 aromatic rings. The number of alkyl halides is 1. The third-order valence-corrected chi connectivity index (χ3v) is 3.84. The first-order chi connectivity index (χ1) is 13.3. The van der Waals surface area contributed by atoms with Crippen LogP contribution in [-0.4, -0.2) is 53.4 Å². The maximum atomic E-state index is 12.2. The number of amides is 1. The van der Waals surface area contributed by atoms with Gasteiger partial charge in [-0.2, -0.15) is 0 Å². The molecule has 2 rings (SSSR count). The Morgan fingerprint density at radius 1 is 1.14 bits per heavy atom. The summed E-state index contributed by atoms with van der Waals surface area (Å²) < 4.78 is 10.8. The Morgan fingerprint density at radius 3 is 2.25 bits per heavy atom. The maximum Gasteiger partial charge on any atom is 0.272 e. The predicted octanol–water partition coefficient (Wildman–Crippen LogP) is 4.05. The Hall–Kier alpha value is -2.09. The van der Waals surface area contributed by atoms with Crippen molar-refractivity contribution in [3.63, 3.8) is 0 Å². The lowest BCUT2D eigenvalue weighted by molar-refractivity contribution is -0.117. The summed E-state index contributed by atoms with van der Waals surface area (Å²) in [6.45, 7) is 5.23. The number of hydrogen-bond acceptors (Lipinski definition) is 5. The minimum absolute atomic E-state index is 0.204. The van der Waals surface area contributed by atoms with Crippen LogP contribution in [-0.2, 0) is 4.79 Å². The molecule has 0 radical (unpaired) electrons. The van der Waals surface area contributed by atoms with E-state index in [2.05, 4.69) is 9.97 Å². The van der Waals surface area contributed by atoms with Crippen LogP contribution in [0.2, 0.25) is 10.0 Å². The third kappa shape index (κ3) is 8.73. The van der Waals surface area contributed by atoms with Crippen molar-refractivity contribution < 1.29 is 14.0 Å². The SMILES string of the molecule is CC.CC(=O)CF.CN(CCN)C(=O)c1cc(-c2ccc(Cl)c(Cl)c2)ncn1. The van der Waals surface area contributed by atoms with Gasteiger partial charge in [0.05, 0.1) is 15.7 Å². The average Bonchev–Trinajstić information content (AvgIpc) is 2.71. The van der Waals surface area contributed by atoms with Gasteiger partial charge >= 0.3 is 0 Å². The molecule has 1 aromatic carbocycles. The molecule has 6 nitrogen and oxygen atoms in total. The second-order valence-electron chi connectivity index (χ2n) is 5.27. The second kappa shape index (κ2) is 14.0. The number of aromatic nitrogens is 2. The van der Waals surface area contributed by atoms with Crippen LogP contribution in [0.25, 0.3) is 11.3 Å². The lowest BCUT2D eigenvalue weighted by atomic mass is 10.1. The monoisotopic (exact) mass is 430 g/mol. The molecule has 0 saturated heterocycles. The van der Waals surface area contributed by atoms with E-state index in [1.165, 1.54) is 18.2 Å². The van der Waals surface area contributed by atoms with Crippen LogP contribution in [0, 0.1) is 0 Å². The number of nitrogens with zero attached hydrogens (tertiary/aromatic N) is 3. The van der Waals surface area contributed by atoms with E-state index in [0.717, 1.165) is 5.56 Å². The summed E-state index contributed by atoms with van der Waals surface area (Å²) in [6.07, 6.45) is 1.35. The van der Waals surface area contributed by atoms with E-state index >= 15 is 0 Å². The van der Waals surface area contributed by atoms with Gasteiger partial charge in [-0.1, -0.05) is 43.1 Å². The summed E-state index contributed by atoms with van der Waals surface area (Å²) in [5.41, 5.74) is 7.12. The number of benzene rings is 1. The second-order valence-corrected chi connectivity index (χ2v) is 6.08. The molecule has 1 heterocycles. The van der Waals surface area contributed by atoms with Crippen molar-refractivity contribution in [2.75, 3.05) is 26.8 Å². The summed E-state index contributed by atoms with van der Waals surface area (Å²) in [6, 6.07) is 6.79. The molecule has 0 spiro atoms. The highest BCUT2D eigenvalue weighted by Crippen LogP contribution is 2.27. The van der Waals surface area contributed by atoms with Gasteiger partial charge in [-0.3, -0.25) is 9.59 Å². The van der Waals surface area contributed by atoms with Crippen LogP contribution in [0.1, 0.15) is 31.3 Å². The highest BCUT2D eigenvalue weighted by atomic mass is 35.5. The number of carbonyl (C=O) groups excluding carboxylic acids is 2. The van der Waals surface area contributed by atoms with E-state index in [1.807, 2.05) is 13.8 Å². The molecule has 0 aliphatic carbocycles. The molecule has 1 amide bonds. The van der Waals surface area contributed by atoms with E-state index in [1.54, 1.807) is 31.3 Å². The molecular weight excluding hydrogens is 406 g/mol. The number of nitrogens with two attached hydrogens (primary N) is 1. The fourth-order valence-corrected chi connectivity index (χ4v) is 2.08. The highest BCUT2D eigenvalue weighted by Gasteiger charge is 2.14. The molecule has 0 saturated carbocycles. The Labute approximate surface area is 174 Å². The first-order valence-corrected chi connectivity index (χ1v) is 9.34. The average molecular weight is 431 g/mol. The summed E-state index contributed by atoms with van der Waals surface area (Å²) >= 11 is 11.9. The third-order valence-electron chi connectivity index (χ3n) is 3.10. The smallest absolute Gasteiger partial charge is 0.272 e. The minimum Gasteiger partial charge on any atom is -0.339 e. The van der Waals surface area contributed by atoms with Crippen molar-refractivity contribution in [3.05, 3.63) is 46.3 Å². The van der Waals surface area contributed by atoms with E-state index in [4.69, 9.17) is 28.9 Å². The summed E-state index contributed by atoms with van der Waals surface area (Å²) in [4.78, 5) is 31.3. The topological polar surface area (TPSA) is 89.2 Å². The van der Waals surface area contributed by atoms with Gasteiger partial charge in [0.2, 0.25) is 0 Å². The summed E-state index contributed by atoms with van der Waals surface area (Å²) in [7, 11) is 1.68. The Balaban J connectivity index is 0.000000906. The fourth-order valence-electron chi connectivity index (χ4n) is 1.78. The zero-order valence-corrected chi connectivity index (χ0v) is 17.9. The lowest BCUT2D eigenvalue weighted by Crippen LogP contribution is -2.32. The van der Waals surface area contributed by atoms with Gasteiger partial charge in [0.25, 0.3) is 5.91 Å². The molecule has 154 valence electrons. The standard InChI is InChI=1S/C14H14Cl2N4O.C3H5FO.C2H6/c1-20(5-4-17)14(21)13-7-12(18-8-19-13)9-2-3-10(15)11(16)6-9;1-3(5)2-4;1-2/h2-3,6-8H,4-5,17H2,1H3;2H2,1H3;1-2H3. The number of halogens is 3. The molecule has 0 unspecified atom stereocenters. The van der Waals surface area contributed by atoms with Gasteiger partial charge in [-0.05, 0) is 25.1 Å². The molecule has 9 heteroatoms. The van der Waals surface area contributed by atoms with Crippen LogP contribution in [0.3, 0.4) is 0 Å². The molecule has 1 aromatic heterocycles. The predicted molar refractivity (Wildman–Crippen MR) is 112 cm³/mol. The number of Topliss-reactive ketones (excluding diaryl/α,β-unsaturated/α-hetero) is 1. The quantitative estimate of drug-likeness (QED) is 0.772. The Kier molecular flexibility index (Phi) is 12.9. The van der Waals surface area contributed by atoms with Crippen molar-refractivity contribution in [3.8, 4) is 11.3 Å². The number of ketones is 1. The number of likely N-dealkylation sites (N-methyl/N-ethyl adjacent to an activating group) is 1. The van der Waals surface area contributed by atoms with Gasteiger partial charge in [-0.15, -0.1) is 0 Å². The van der Waals surface area contributed by atoms with Crippen molar-refractivity contribution in [1.29, 1.82) is 0 Å². The summed E-state index contributed by atoms with van der Waals surface area (Å²) in [5.74, 6) is -0.617. The van der Waals surface area contributed by atoms with Crippen LogP contribution in [0.15, 0.2) is 30.6 Å². The molecule has 0 fully saturated rings. The van der Waals surface area contributed by atoms with Crippen LogP contribution < -0.4 is 5.73 Å². The first kappa shape index (κ1) is 25.9.